The molecule has 0 fully saturated rings. The van der Waals surface area contributed by atoms with Gasteiger partial charge in [0.2, 0.25) is 0 Å². The summed E-state index contributed by atoms with van der Waals surface area (Å²) in [6.07, 6.45) is 7.67. The van der Waals surface area contributed by atoms with Gasteiger partial charge in [-0.1, -0.05) is 117 Å². The lowest BCUT2D eigenvalue weighted by molar-refractivity contribution is 0.139. The molecule has 3 aromatic rings. The third-order valence-electron chi connectivity index (χ3n) is 5.83. The predicted molar refractivity (Wildman–Crippen MR) is 144 cm³/mol. The van der Waals surface area contributed by atoms with Crippen molar-refractivity contribution in [1.82, 2.24) is 5.32 Å². The van der Waals surface area contributed by atoms with Crippen molar-refractivity contribution in [3.8, 4) is 11.1 Å². The fourth-order valence-electron chi connectivity index (χ4n) is 3.93. The molecule has 3 N–H and O–H groups in total. The number of unbranched alkanes of at least 4 members (excludes halogenated alkanes) is 5. The molecule has 0 aliphatic carbocycles. The molecule has 0 saturated heterocycles. The summed E-state index contributed by atoms with van der Waals surface area (Å²) in [5.74, 6) is 0. The summed E-state index contributed by atoms with van der Waals surface area (Å²) >= 11 is 5.18. The molecule has 0 unspecified atom stereocenters. The Kier molecular flexibility index (Phi) is 10.6. The Morgan fingerprint density at radius 1 is 0.765 bits per heavy atom. The molecule has 0 spiro atoms. The van der Waals surface area contributed by atoms with Crippen molar-refractivity contribution in [3.63, 3.8) is 0 Å². The lowest BCUT2D eigenvalue weighted by Gasteiger charge is -2.09. The van der Waals surface area contributed by atoms with Crippen LogP contribution in [0.3, 0.4) is 0 Å². The summed E-state index contributed by atoms with van der Waals surface area (Å²) in [4.78, 5) is 12.2. The Bertz CT molecular complexity index is 1040. The maximum atomic E-state index is 11.7. The highest BCUT2D eigenvalue weighted by molar-refractivity contribution is 7.80. The molecule has 4 nitrogen and oxygen atoms in total. The van der Waals surface area contributed by atoms with Crippen molar-refractivity contribution in [1.29, 1.82) is 0 Å². The topological polar surface area (TPSA) is 64.3 Å². The first-order valence-electron chi connectivity index (χ1n) is 12.1. The number of nitrogens with two attached hydrogens (primary N) is 1. The largest absolute Gasteiger partial charge is 0.445 e. The van der Waals surface area contributed by atoms with E-state index in [1.807, 2.05) is 48.5 Å². The first kappa shape index (κ1) is 25.4. The lowest BCUT2D eigenvalue weighted by atomic mass is 9.97. The van der Waals surface area contributed by atoms with Gasteiger partial charge in [0.05, 0.1) is 0 Å². The molecule has 0 saturated carbocycles. The monoisotopic (exact) mass is 474 g/mol. The summed E-state index contributed by atoms with van der Waals surface area (Å²) in [6.45, 7) is 0.975. The van der Waals surface area contributed by atoms with Gasteiger partial charge in [-0.15, -0.1) is 0 Å². The van der Waals surface area contributed by atoms with Gasteiger partial charge in [0.1, 0.15) is 11.6 Å². The smallest absolute Gasteiger partial charge is 0.407 e. The second kappa shape index (κ2) is 14.2. The lowest BCUT2D eigenvalue weighted by Crippen LogP contribution is -2.25. The number of amides is 1. The van der Waals surface area contributed by atoms with Gasteiger partial charge in [-0.3, -0.25) is 0 Å². The first-order chi connectivity index (χ1) is 16.6. The maximum Gasteiger partial charge on any atom is 0.407 e. The molecule has 1 amide bonds. The SMILES string of the molecule is NC(=S)c1ccccc1-c1ccc(CCCCCCCCNC(=O)OCc2ccccc2)cc1. The fourth-order valence-corrected chi connectivity index (χ4v) is 4.10. The summed E-state index contributed by atoms with van der Waals surface area (Å²) in [6, 6.07) is 26.4. The van der Waals surface area contributed by atoms with Gasteiger partial charge in [-0.05, 0) is 41.5 Å². The van der Waals surface area contributed by atoms with Crippen LogP contribution in [0, 0.1) is 0 Å². The number of carbonyl (C=O) groups excluding carboxylic acids is 1. The highest BCUT2D eigenvalue weighted by Gasteiger charge is 2.07. The Morgan fingerprint density at radius 2 is 1.41 bits per heavy atom. The Hall–Kier alpha value is -3.18. The molecule has 3 rings (SSSR count). The van der Waals surface area contributed by atoms with Crippen LogP contribution in [-0.2, 0) is 17.8 Å². The highest BCUT2D eigenvalue weighted by atomic mass is 32.1. The number of hydrogen-bond acceptors (Lipinski definition) is 3. The number of benzene rings is 3. The Labute approximate surface area is 208 Å². The van der Waals surface area contributed by atoms with Gasteiger partial charge in [0.25, 0.3) is 0 Å². The molecule has 0 aliphatic rings. The van der Waals surface area contributed by atoms with Crippen LogP contribution in [0.2, 0.25) is 0 Å². The Morgan fingerprint density at radius 3 is 2.15 bits per heavy atom. The van der Waals surface area contributed by atoms with E-state index in [-0.39, 0.29) is 6.09 Å². The minimum atomic E-state index is -0.343. The quantitative estimate of drug-likeness (QED) is 0.211. The van der Waals surface area contributed by atoms with Gasteiger partial charge in [-0.25, -0.2) is 4.79 Å². The number of hydrogen-bond donors (Lipinski definition) is 2. The number of rotatable bonds is 13. The molecule has 0 radical (unpaired) electrons. The van der Waals surface area contributed by atoms with Crippen molar-refractivity contribution in [2.24, 2.45) is 5.73 Å². The highest BCUT2D eigenvalue weighted by Crippen LogP contribution is 2.24. The van der Waals surface area contributed by atoms with Gasteiger partial charge in [-0.2, -0.15) is 0 Å². The molecule has 0 heterocycles. The minimum Gasteiger partial charge on any atom is -0.445 e. The van der Waals surface area contributed by atoms with E-state index in [0.717, 1.165) is 41.5 Å². The molecule has 5 heteroatoms. The first-order valence-corrected chi connectivity index (χ1v) is 12.5. The normalized spacial score (nSPS) is 10.6. The van der Waals surface area contributed by atoms with Crippen LogP contribution in [0.1, 0.15) is 55.2 Å². The average molecular weight is 475 g/mol. The van der Waals surface area contributed by atoms with Gasteiger partial charge in [0, 0.05) is 12.1 Å². The summed E-state index contributed by atoms with van der Waals surface area (Å²) in [5.41, 5.74) is 11.4. The molecule has 0 bridgehead atoms. The van der Waals surface area contributed by atoms with Crippen LogP contribution in [0.5, 0.6) is 0 Å². The second-order valence-electron chi connectivity index (χ2n) is 8.47. The molecule has 0 aromatic heterocycles. The number of alkyl carbamates (subject to hydrolysis) is 1. The summed E-state index contributed by atoms with van der Waals surface area (Å²) < 4.78 is 5.22. The molecule has 0 atom stereocenters. The van der Waals surface area contributed by atoms with Crippen molar-refractivity contribution in [3.05, 3.63) is 95.6 Å². The summed E-state index contributed by atoms with van der Waals surface area (Å²) in [7, 11) is 0. The van der Waals surface area contributed by atoms with Crippen molar-refractivity contribution in [2.45, 2.75) is 51.6 Å². The van der Waals surface area contributed by atoms with E-state index in [0.29, 0.717) is 18.1 Å². The van der Waals surface area contributed by atoms with Crippen LogP contribution in [-0.4, -0.2) is 17.6 Å². The number of ether oxygens (including phenoxy) is 1. The molecule has 178 valence electrons. The zero-order chi connectivity index (χ0) is 24.0. The fraction of sp³-hybridized carbons (Fsp3) is 0.310. The van der Waals surface area contributed by atoms with Crippen molar-refractivity contribution >= 4 is 23.3 Å². The van der Waals surface area contributed by atoms with Gasteiger partial charge in [0.15, 0.2) is 0 Å². The van der Waals surface area contributed by atoms with Crippen LogP contribution in [0.15, 0.2) is 78.9 Å². The van der Waals surface area contributed by atoms with E-state index < -0.39 is 0 Å². The summed E-state index contributed by atoms with van der Waals surface area (Å²) in [5, 5.41) is 2.83. The standard InChI is InChI=1S/C29H34N2O2S/c30-28(34)27-16-10-9-15-26(27)25-19-17-23(18-20-25)12-6-3-1-2-4-11-21-31-29(32)33-22-24-13-7-5-8-14-24/h5,7-10,13-20H,1-4,6,11-12,21-22H2,(H2,30,34)(H,31,32). The third kappa shape index (κ3) is 8.64. The van der Waals surface area contributed by atoms with E-state index in [4.69, 9.17) is 22.7 Å². The van der Waals surface area contributed by atoms with Gasteiger partial charge < -0.3 is 15.8 Å². The third-order valence-corrected chi connectivity index (χ3v) is 6.05. The van der Waals surface area contributed by atoms with Crippen molar-refractivity contribution < 1.29 is 9.53 Å². The average Bonchev–Trinajstić information content (AvgIpc) is 2.87. The number of carbonyl (C=O) groups is 1. The van der Waals surface area contributed by atoms with Crippen molar-refractivity contribution in [2.75, 3.05) is 6.54 Å². The maximum absolute atomic E-state index is 11.7. The number of aryl methyl sites for hydroxylation is 1. The van der Waals surface area contributed by atoms with E-state index in [2.05, 4.69) is 35.6 Å². The van der Waals surface area contributed by atoms with Crippen LogP contribution >= 0.6 is 12.2 Å². The Balaban J connectivity index is 1.23. The molecular formula is C29H34N2O2S. The predicted octanol–water partition coefficient (Wildman–Crippen LogP) is 6.80. The van der Waals surface area contributed by atoms with E-state index in [1.165, 1.54) is 31.2 Å². The van der Waals surface area contributed by atoms with Crippen LogP contribution < -0.4 is 11.1 Å². The van der Waals surface area contributed by atoms with E-state index >= 15 is 0 Å². The van der Waals surface area contributed by atoms with Crippen LogP contribution in [0.25, 0.3) is 11.1 Å². The molecule has 0 aliphatic heterocycles. The van der Waals surface area contributed by atoms with E-state index in [9.17, 15) is 4.79 Å². The zero-order valence-electron chi connectivity index (χ0n) is 19.7. The number of thiocarbonyl (C=S) groups is 1. The van der Waals surface area contributed by atoms with E-state index in [1.54, 1.807) is 0 Å². The van der Waals surface area contributed by atoms with Gasteiger partial charge >= 0.3 is 6.09 Å². The zero-order valence-corrected chi connectivity index (χ0v) is 20.5. The number of nitrogens with one attached hydrogen (secondary N) is 1. The molecule has 34 heavy (non-hydrogen) atoms. The van der Waals surface area contributed by atoms with Crippen LogP contribution in [0.4, 0.5) is 4.79 Å². The molecule has 3 aromatic carbocycles. The second-order valence-corrected chi connectivity index (χ2v) is 8.91. The molecular weight excluding hydrogens is 440 g/mol. The minimum absolute atomic E-state index is 0.310.